The van der Waals surface area contributed by atoms with Crippen molar-refractivity contribution in [2.45, 2.75) is 11.8 Å². The molecule has 0 atom stereocenters. The molecular weight excluding hydrogens is 236 g/mol. The van der Waals surface area contributed by atoms with E-state index in [0.29, 0.717) is 5.02 Å². The fourth-order valence-electron chi connectivity index (χ4n) is 1.02. The molecule has 0 spiro atoms. The van der Waals surface area contributed by atoms with Gasteiger partial charge in [-0.05, 0) is 24.6 Å². The lowest BCUT2D eigenvalue weighted by Gasteiger charge is -2.06. The molecule has 6 heteroatoms. The van der Waals surface area contributed by atoms with Gasteiger partial charge in [0, 0.05) is 18.1 Å². The molecule has 0 amide bonds. The van der Waals surface area contributed by atoms with Crippen LogP contribution in [0.4, 0.5) is 0 Å². The van der Waals surface area contributed by atoms with Crippen LogP contribution in [-0.2, 0) is 10.0 Å². The highest BCUT2D eigenvalue weighted by atomic mass is 35.5. The number of hydrogen-bond acceptors (Lipinski definition) is 3. The van der Waals surface area contributed by atoms with E-state index in [0.717, 1.165) is 5.56 Å². The highest BCUT2D eigenvalue weighted by Gasteiger charge is 2.13. The van der Waals surface area contributed by atoms with Crippen molar-refractivity contribution in [2.24, 2.45) is 5.73 Å². The zero-order valence-corrected chi connectivity index (χ0v) is 9.90. The van der Waals surface area contributed by atoms with E-state index in [-0.39, 0.29) is 18.0 Å². The maximum Gasteiger partial charge on any atom is 0.240 e. The maximum absolute atomic E-state index is 11.6. The number of nitrogens with one attached hydrogen (secondary N) is 1. The lowest BCUT2D eigenvalue weighted by Crippen LogP contribution is -2.29. The molecule has 0 fully saturated rings. The van der Waals surface area contributed by atoms with Gasteiger partial charge in [-0.25, -0.2) is 13.1 Å². The number of rotatable bonds is 4. The van der Waals surface area contributed by atoms with Crippen LogP contribution in [0.3, 0.4) is 0 Å². The van der Waals surface area contributed by atoms with Gasteiger partial charge in [0.25, 0.3) is 0 Å². The van der Waals surface area contributed by atoms with E-state index < -0.39 is 10.0 Å². The highest BCUT2D eigenvalue weighted by Crippen LogP contribution is 2.19. The largest absolute Gasteiger partial charge is 0.329 e. The van der Waals surface area contributed by atoms with Crippen molar-refractivity contribution >= 4 is 21.6 Å². The highest BCUT2D eigenvalue weighted by molar-refractivity contribution is 7.89. The standard InChI is InChI=1S/C9H13ClN2O2S/c1-7-2-3-8(6-9(7)10)15(13,14)12-5-4-11/h2-3,6,12H,4-5,11H2,1H3. The van der Waals surface area contributed by atoms with Crippen LogP contribution in [0.2, 0.25) is 5.02 Å². The van der Waals surface area contributed by atoms with Crippen molar-refractivity contribution in [3.63, 3.8) is 0 Å². The van der Waals surface area contributed by atoms with Gasteiger partial charge in [-0.1, -0.05) is 17.7 Å². The number of sulfonamides is 1. The van der Waals surface area contributed by atoms with Gasteiger partial charge in [-0.2, -0.15) is 0 Å². The van der Waals surface area contributed by atoms with E-state index in [4.69, 9.17) is 17.3 Å². The molecular formula is C9H13ClN2O2S. The molecule has 0 unspecified atom stereocenters. The van der Waals surface area contributed by atoms with Gasteiger partial charge >= 0.3 is 0 Å². The third-order valence-electron chi connectivity index (χ3n) is 1.89. The first kappa shape index (κ1) is 12.4. The Morgan fingerprint density at radius 1 is 1.47 bits per heavy atom. The molecule has 0 saturated carbocycles. The minimum absolute atomic E-state index is 0.159. The second-order valence-electron chi connectivity index (χ2n) is 3.10. The lowest BCUT2D eigenvalue weighted by atomic mass is 10.2. The molecule has 0 radical (unpaired) electrons. The quantitative estimate of drug-likeness (QED) is 0.831. The van der Waals surface area contributed by atoms with Gasteiger partial charge in [-0.3, -0.25) is 0 Å². The zero-order chi connectivity index (χ0) is 11.5. The van der Waals surface area contributed by atoms with Crippen LogP contribution in [-0.4, -0.2) is 21.5 Å². The first-order valence-corrected chi connectivity index (χ1v) is 6.29. The summed E-state index contributed by atoms with van der Waals surface area (Å²) in [6, 6.07) is 4.61. The van der Waals surface area contributed by atoms with E-state index in [1.807, 2.05) is 6.92 Å². The molecule has 0 aliphatic rings. The molecule has 15 heavy (non-hydrogen) atoms. The Labute approximate surface area is 94.5 Å². The fraction of sp³-hybridized carbons (Fsp3) is 0.333. The molecule has 4 nitrogen and oxygen atoms in total. The second-order valence-corrected chi connectivity index (χ2v) is 5.27. The molecule has 0 saturated heterocycles. The summed E-state index contributed by atoms with van der Waals surface area (Å²) in [6.07, 6.45) is 0. The van der Waals surface area contributed by atoms with Gasteiger partial charge in [0.05, 0.1) is 4.90 Å². The van der Waals surface area contributed by atoms with E-state index in [1.165, 1.54) is 12.1 Å². The van der Waals surface area contributed by atoms with Crippen LogP contribution in [0.1, 0.15) is 5.56 Å². The van der Waals surface area contributed by atoms with Gasteiger partial charge in [-0.15, -0.1) is 0 Å². The molecule has 0 aliphatic carbocycles. The van der Waals surface area contributed by atoms with Crippen LogP contribution in [0.5, 0.6) is 0 Å². The van der Waals surface area contributed by atoms with Gasteiger partial charge in [0.2, 0.25) is 10.0 Å². The average Bonchev–Trinajstić information content (AvgIpc) is 2.19. The predicted molar refractivity (Wildman–Crippen MR) is 60.4 cm³/mol. The van der Waals surface area contributed by atoms with Crippen molar-refractivity contribution in [1.29, 1.82) is 0 Å². The molecule has 0 heterocycles. The summed E-state index contributed by atoms with van der Waals surface area (Å²) < 4.78 is 25.6. The first-order chi connectivity index (χ1) is 6.97. The molecule has 0 bridgehead atoms. The summed E-state index contributed by atoms with van der Waals surface area (Å²) in [7, 11) is -3.48. The van der Waals surface area contributed by atoms with Gasteiger partial charge < -0.3 is 5.73 Å². The Kier molecular flexibility index (Phi) is 4.10. The summed E-state index contributed by atoms with van der Waals surface area (Å²) in [6.45, 7) is 2.29. The fourth-order valence-corrected chi connectivity index (χ4v) is 2.34. The second kappa shape index (κ2) is 4.94. The van der Waals surface area contributed by atoms with E-state index in [2.05, 4.69) is 4.72 Å². The molecule has 1 rings (SSSR count). The minimum atomic E-state index is -3.48. The number of aryl methyl sites for hydroxylation is 1. The van der Waals surface area contributed by atoms with Gasteiger partial charge in [0.15, 0.2) is 0 Å². The van der Waals surface area contributed by atoms with E-state index >= 15 is 0 Å². The topological polar surface area (TPSA) is 72.2 Å². The molecule has 3 N–H and O–H groups in total. The number of benzene rings is 1. The lowest BCUT2D eigenvalue weighted by molar-refractivity contribution is 0.582. The minimum Gasteiger partial charge on any atom is -0.329 e. The Morgan fingerprint density at radius 3 is 2.67 bits per heavy atom. The normalized spacial score (nSPS) is 11.7. The van der Waals surface area contributed by atoms with Crippen LogP contribution in [0.15, 0.2) is 23.1 Å². The van der Waals surface area contributed by atoms with Crippen molar-refractivity contribution < 1.29 is 8.42 Å². The Morgan fingerprint density at radius 2 is 2.13 bits per heavy atom. The smallest absolute Gasteiger partial charge is 0.240 e. The zero-order valence-electron chi connectivity index (χ0n) is 8.33. The summed E-state index contributed by atoms with van der Waals surface area (Å²) in [5.74, 6) is 0. The molecule has 84 valence electrons. The van der Waals surface area contributed by atoms with Crippen molar-refractivity contribution in [3.05, 3.63) is 28.8 Å². The Hall–Kier alpha value is -0.620. The van der Waals surface area contributed by atoms with Crippen molar-refractivity contribution in [1.82, 2.24) is 4.72 Å². The summed E-state index contributed by atoms with van der Waals surface area (Å²) in [4.78, 5) is 0.159. The summed E-state index contributed by atoms with van der Waals surface area (Å²) in [5.41, 5.74) is 6.06. The third kappa shape index (κ3) is 3.17. The van der Waals surface area contributed by atoms with Gasteiger partial charge in [0.1, 0.15) is 0 Å². The Bertz CT molecular complexity index is 445. The summed E-state index contributed by atoms with van der Waals surface area (Å²) >= 11 is 5.84. The maximum atomic E-state index is 11.6. The monoisotopic (exact) mass is 248 g/mol. The molecule has 1 aromatic carbocycles. The van der Waals surface area contributed by atoms with Crippen molar-refractivity contribution in [2.75, 3.05) is 13.1 Å². The molecule has 1 aromatic rings. The van der Waals surface area contributed by atoms with Crippen LogP contribution < -0.4 is 10.5 Å². The van der Waals surface area contributed by atoms with E-state index in [1.54, 1.807) is 6.07 Å². The average molecular weight is 249 g/mol. The Balaban J connectivity index is 3.00. The number of halogens is 1. The SMILES string of the molecule is Cc1ccc(S(=O)(=O)NCCN)cc1Cl. The van der Waals surface area contributed by atoms with Crippen LogP contribution in [0.25, 0.3) is 0 Å². The first-order valence-electron chi connectivity index (χ1n) is 4.43. The molecule has 0 aromatic heterocycles. The van der Waals surface area contributed by atoms with Crippen LogP contribution >= 0.6 is 11.6 Å². The molecule has 0 aliphatic heterocycles. The predicted octanol–water partition coefficient (Wildman–Crippen LogP) is 0.885. The number of nitrogens with two attached hydrogens (primary N) is 1. The van der Waals surface area contributed by atoms with Crippen molar-refractivity contribution in [3.8, 4) is 0 Å². The van der Waals surface area contributed by atoms with E-state index in [9.17, 15) is 8.42 Å². The van der Waals surface area contributed by atoms with Crippen LogP contribution in [0, 0.1) is 6.92 Å². The third-order valence-corrected chi connectivity index (χ3v) is 3.76. The number of hydrogen-bond donors (Lipinski definition) is 2. The summed E-state index contributed by atoms with van der Waals surface area (Å²) in [5, 5.41) is 0.436.